The molecule has 90 valence electrons. The number of ether oxygens (including phenoxy) is 1. The number of nitrogens with two attached hydrogens (primary N) is 1. The number of hydrogen-bond acceptors (Lipinski definition) is 2. The third-order valence-corrected chi connectivity index (χ3v) is 2.43. The maximum Gasteiger partial charge on any atom is 0.165 e. The van der Waals surface area contributed by atoms with Gasteiger partial charge in [0, 0.05) is 6.04 Å². The van der Waals surface area contributed by atoms with E-state index >= 15 is 0 Å². The highest BCUT2D eigenvalue weighted by atomic mass is 19.1. The van der Waals surface area contributed by atoms with E-state index in [1.807, 2.05) is 6.92 Å². The van der Waals surface area contributed by atoms with E-state index in [1.165, 1.54) is 6.07 Å². The quantitative estimate of drug-likeness (QED) is 0.834. The van der Waals surface area contributed by atoms with Crippen molar-refractivity contribution in [3.05, 3.63) is 29.6 Å². The van der Waals surface area contributed by atoms with Gasteiger partial charge in [0.15, 0.2) is 11.6 Å². The van der Waals surface area contributed by atoms with Crippen molar-refractivity contribution in [2.45, 2.75) is 33.2 Å². The number of hydrogen-bond donors (Lipinski definition) is 1. The molecule has 0 spiro atoms. The van der Waals surface area contributed by atoms with Crippen LogP contribution in [0.3, 0.4) is 0 Å². The summed E-state index contributed by atoms with van der Waals surface area (Å²) in [6, 6.07) is 4.74. The first kappa shape index (κ1) is 13.0. The fourth-order valence-corrected chi connectivity index (χ4v) is 1.32. The summed E-state index contributed by atoms with van der Waals surface area (Å²) in [7, 11) is 0. The highest BCUT2D eigenvalue weighted by Crippen LogP contribution is 2.21. The van der Waals surface area contributed by atoms with Crippen LogP contribution in [0, 0.1) is 11.7 Å². The molecule has 2 nitrogen and oxygen atoms in total. The summed E-state index contributed by atoms with van der Waals surface area (Å²) in [6.45, 7) is 6.60. The highest BCUT2D eigenvalue weighted by molar-refractivity contribution is 5.30. The summed E-state index contributed by atoms with van der Waals surface area (Å²) in [5.41, 5.74) is 6.45. The molecule has 1 atom stereocenters. The van der Waals surface area contributed by atoms with Gasteiger partial charge in [-0.25, -0.2) is 4.39 Å². The Kier molecular flexibility index (Phi) is 4.74. The molecule has 16 heavy (non-hydrogen) atoms. The van der Waals surface area contributed by atoms with Crippen LogP contribution in [-0.2, 0) is 0 Å². The summed E-state index contributed by atoms with van der Waals surface area (Å²) in [5.74, 6) is 0.537. The Hall–Kier alpha value is -1.09. The summed E-state index contributed by atoms with van der Waals surface area (Å²) in [4.78, 5) is 0. The minimum atomic E-state index is -0.335. The molecule has 1 aromatic carbocycles. The summed E-state index contributed by atoms with van der Waals surface area (Å²) in [6.07, 6.45) is 0.925. The van der Waals surface area contributed by atoms with E-state index in [1.54, 1.807) is 12.1 Å². The number of benzene rings is 1. The van der Waals surface area contributed by atoms with Crippen LogP contribution in [0.5, 0.6) is 5.75 Å². The molecule has 0 fully saturated rings. The average Bonchev–Trinajstić information content (AvgIpc) is 2.19. The molecule has 0 aliphatic rings. The lowest BCUT2D eigenvalue weighted by atomic mass is 10.1. The maximum absolute atomic E-state index is 13.6. The van der Waals surface area contributed by atoms with Crippen LogP contribution in [0.15, 0.2) is 18.2 Å². The first-order valence-corrected chi connectivity index (χ1v) is 5.68. The lowest BCUT2D eigenvalue weighted by Gasteiger charge is -2.11. The molecule has 0 amide bonds. The van der Waals surface area contributed by atoms with Gasteiger partial charge in [0.2, 0.25) is 0 Å². The van der Waals surface area contributed by atoms with Gasteiger partial charge in [0.05, 0.1) is 6.61 Å². The molecule has 0 aromatic heterocycles. The van der Waals surface area contributed by atoms with Crippen molar-refractivity contribution in [1.82, 2.24) is 0 Å². The minimum absolute atomic E-state index is 0.154. The van der Waals surface area contributed by atoms with Crippen LogP contribution < -0.4 is 10.5 Å². The fraction of sp³-hybridized carbons (Fsp3) is 0.538. The maximum atomic E-state index is 13.6. The van der Waals surface area contributed by atoms with Gasteiger partial charge < -0.3 is 10.5 Å². The van der Waals surface area contributed by atoms with Crippen LogP contribution in [0.4, 0.5) is 4.39 Å². The van der Waals surface area contributed by atoms with Crippen LogP contribution in [-0.4, -0.2) is 6.61 Å². The predicted octanol–water partition coefficient (Wildman–Crippen LogP) is 3.27. The molecule has 0 bridgehead atoms. The van der Waals surface area contributed by atoms with Gasteiger partial charge in [0.1, 0.15) is 0 Å². The highest BCUT2D eigenvalue weighted by Gasteiger charge is 2.07. The predicted molar refractivity (Wildman–Crippen MR) is 64.0 cm³/mol. The van der Waals surface area contributed by atoms with E-state index in [0.29, 0.717) is 18.3 Å². The van der Waals surface area contributed by atoms with Crippen LogP contribution in [0.1, 0.15) is 38.8 Å². The Morgan fingerprint density at radius 2 is 2.00 bits per heavy atom. The van der Waals surface area contributed by atoms with E-state index in [9.17, 15) is 4.39 Å². The summed E-state index contributed by atoms with van der Waals surface area (Å²) < 4.78 is 18.9. The average molecular weight is 225 g/mol. The zero-order valence-corrected chi connectivity index (χ0v) is 10.2. The van der Waals surface area contributed by atoms with Crippen molar-refractivity contribution < 1.29 is 9.13 Å². The second-order valence-corrected chi connectivity index (χ2v) is 4.51. The third kappa shape index (κ3) is 3.81. The Labute approximate surface area is 96.6 Å². The largest absolute Gasteiger partial charge is 0.491 e. The molecule has 3 heteroatoms. The molecule has 0 unspecified atom stereocenters. The van der Waals surface area contributed by atoms with Crippen molar-refractivity contribution in [2.75, 3.05) is 6.61 Å². The fourth-order valence-electron chi connectivity index (χ4n) is 1.32. The van der Waals surface area contributed by atoms with Gasteiger partial charge in [-0.1, -0.05) is 19.9 Å². The van der Waals surface area contributed by atoms with Gasteiger partial charge >= 0.3 is 0 Å². The Bertz CT molecular complexity index is 337. The Balaban J connectivity index is 2.61. The normalized spacial score (nSPS) is 12.9. The monoisotopic (exact) mass is 225 g/mol. The smallest absolute Gasteiger partial charge is 0.165 e. The summed E-state index contributed by atoms with van der Waals surface area (Å²) >= 11 is 0. The van der Waals surface area contributed by atoms with Crippen LogP contribution in [0.25, 0.3) is 0 Å². The van der Waals surface area contributed by atoms with Gasteiger partial charge in [-0.15, -0.1) is 0 Å². The van der Waals surface area contributed by atoms with Crippen molar-refractivity contribution in [3.63, 3.8) is 0 Å². The van der Waals surface area contributed by atoms with Gasteiger partial charge in [-0.2, -0.15) is 0 Å². The van der Waals surface area contributed by atoms with E-state index in [2.05, 4.69) is 13.8 Å². The molecular formula is C13H20FNO. The number of halogens is 1. The van der Waals surface area contributed by atoms with Crippen molar-refractivity contribution >= 4 is 0 Å². The molecule has 0 heterocycles. The first-order valence-electron chi connectivity index (χ1n) is 5.68. The molecular weight excluding hydrogens is 205 g/mol. The molecule has 0 aliphatic carbocycles. The van der Waals surface area contributed by atoms with Crippen LogP contribution >= 0.6 is 0 Å². The van der Waals surface area contributed by atoms with Gasteiger partial charge in [-0.05, 0) is 37.0 Å². The third-order valence-electron chi connectivity index (χ3n) is 2.43. The Morgan fingerprint density at radius 3 is 2.50 bits per heavy atom. The molecule has 0 saturated heterocycles. The molecule has 1 aromatic rings. The standard InChI is InChI=1S/C13H20FNO/c1-9(2)6-7-16-13-5-4-11(10(3)15)8-12(13)14/h4-5,8-10H,6-7,15H2,1-3H3/t10-/m0/s1. The molecule has 2 N–H and O–H groups in total. The van der Waals surface area contributed by atoms with Crippen LogP contribution in [0.2, 0.25) is 0 Å². The van der Waals surface area contributed by atoms with E-state index in [0.717, 1.165) is 12.0 Å². The molecule has 0 saturated carbocycles. The zero-order valence-electron chi connectivity index (χ0n) is 10.2. The minimum Gasteiger partial charge on any atom is -0.491 e. The second kappa shape index (κ2) is 5.85. The van der Waals surface area contributed by atoms with E-state index in [-0.39, 0.29) is 11.9 Å². The molecule has 0 aliphatic heterocycles. The zero-order chi connectivity index (χ0) is 12.1. The van der Waals surface area contributed by atoms with Crippen molar-refractivity contribution in [3.8, 4) is 5.75 Å². The molecule has 0 radical (unpaired) electrons. The molecule has 1 rings (SSSR count). The SMILES string of the molecule is CC(C)CCOc1ccc([C@H](C)N)cc1F. The second-order valence-electron chi connectivity index (χ2n) is 4.51. The summed E-state index contributed by atoms with van der Waals surface area (Å²) in [5, 5.41) is 0. The van der Waals surface area contributed by atoms with E-state index in [4.69, 9.17) is 10.5 Å². The lowest BCUT2D eigenvalue weighted by molar-refractivity contribution is 0.276. The lowest BCUT2D eigenvalue weighted by Crippen LogP contribution is -2.07. The topological polar surface area (TPSA) is 35.2 Å². The number of rotatable bonds is 5. The first-order chi connectivity index (χ1) is 7.50. The van der Waals surface area contributed by atoms with Gasteiger partial charge in [-0.3, -0.25) is 0 Å². The Morgan fingerprint density at radius 1 is 1.31 bits per heavy atom. The van der Waals surface area contributed by atoms with Crippen molar-refractivity contribution in [2.24, 2.45) is 11.7 Å². The van der Waals surface area contributed by atoms with E-state index < -0.39 is 0 Å². The van der Waals surface area contributed by atoms with Gasteiger partial charge in [0.25, 0.3) is 0 Å². The van der Waals surface area contributed by atoms with Crippen molar-refractivity contribution in [1.29, 1.82) is 0 Å².